The van der Waals surface area contributed by atoms with Gasteiger partial charge in [0.2, 0.25) is 5.95 Å². The van der Waals surface area contributed by atoms with E-state index in [0.717, 1.165) is 11.8 Å². The van der Waals surface area contributed by atoms with Gasteiger partial charge in [-0.15, -0.1) is 10.2 Å². The third kappa shape index (κ3) is 3.04. The van der Waals surface area contributed by atoms with E-state index < -0.39 is 11.8 Å². The van der Waals surface area contributed by atoms with Gasteiger partial charge in [0.15, 0.2) is 5.16 Å². The van der Waals surface area contributed by atoms with Crippen LogP contribution in [0.4, 0.5) is 10.3 Å². The van der Waals surface area contributed by atoms with Crippen LogP contribution in [0.25, 0.3) is 5.69 Å². The number of hydrogen-bond acceptors (Lipinski definition) is 5. The molecule has 3 N–H and O–H groups in total. The minimum Gasteiger partial charge on any atom is -0.481 e. The zero-order valence-electron chi connectivity index (χ0n) is 9.38. The Morgan fingerprint density at radius 1 is 1.53 bits per heavy atom. The number of carboxylic acids is 1. The van der Waals surface area contributed by atoms with Gasteiger partial charge >= 0.3 is 5.97 Å². The van der Waals surface area contributed by atoms with E-state index in [1.54, 1.807) is 0 Å². The van der Waals surface area contributed by atoms with E-state index in [1.165, 1.54) is 22.8 Å². The summed E-state index contributed by atoms with van der Waals surface area (Å²) in [4.78, 5) is 10.6. The van der Waals surface area contributed by atoms with Crippen molar-refractivity contribution in [2.24, 2.45) is 0 Å². The zero-order chi connectivity index (χ0) is 14.0. The van der Waals surface area contributed by atoms with Gasteiger partial charge in [-0.05, 0) is 34.1 Å². The number of rotatable bonds is 4. The van der Waals surface area contributed by atoms with E-state index in [1.807, 2.05) is 0 Å². The molecule has 0 radical (unpaired) electrons. The largest absolute Gasteiger partial charge is 0.481 e. The molecule has 1 aromatic heterocycles. The Morgan fingerprint density at radius 2 is 2.26 bits per heavy atom. The average molecular weight is 347 g/mol. The highest BCUT2D eigenvalue weighted by Crippen LogP contribution is 2.28. The van der Waals surface area contributed by atoms with Crippen LogP contribution in [0.15, 0.2) is 27.8 Å². The SMILES string of the molecule is Nc1nnc(SCC(=O)O)n1-c1cc(F)ccc1Br. The number of hydrogen-bond donors (Lipinski definition) is 2. The molecule has 0 aliphatic heterocycles. The average Bonchev–Trinajstić information content (AvgIpc) is 2.71. The molecular formula is C10H8BrFN4O2S. The highest BCUT2D eigenvalue weighted by molar-refractivity contribution is 9.10. The summed E-state index contributed by atoms with van der Waals surface area (Å²) in [5.74, 6) is -1.57. The van der Waals surface area contributed by atoms with E-state index in [4.69, 9.17) is 10.8 Å². The van der Waals surface area contributed by atoms with Gasteiger partial charge in [0.25, 0.3) is 0 Å². The number of nitrogens with two attached hydrogens (primary N) is 1. The summed E-state index contributed by atoms with van der Waals surface area (Å²) in [5, 5.41) is 16.4. The van der Waals surface area contributed by atoms with Gasteiger partial charge in [0, 0.05) is 4.47 Å². The number of thioether (sulfide) groups is 1. The summed E-state index contributed by atoms with van der Waals surface area (Å²) < 4.78 is 15.3. The molecule has 6 nitrogen and oxygen atoms in total. The second-order valence-electron chi connectivity index (χ2n) is 3.45. The molecule has 1 heterocycles. The second-order valence-corrected chi connectivity index (χ2v) is 5.25. The summed E-state index contributed by atoms with van der Waals surface area (Å²) in [7, 11) is 0. The second kappa shape index (κ2) is 5.57. The number of nitrogens with zero attached hydrogens (tertiary/aromatic N) is 3. The lowest BCUT2D eigenvalue weighted by Crippen LogP contribution is -2.05. The predicted octanol–water partition coefficient (Wildman–Crippen LogP) is 1.93. The Balaban J connectivity index is 2.46. The first-order valence-electron chi connectivity index (χ1n) is 5.00. The van der Waals surface area contributed by atoms with Crippen molar-refractivity contribution in [1.82, 2.24) is 14.8 Å². The molecule has 0 bridgehead atoms. The molecule has 0 fully saturated rings. The van der Waals surface area contributed by atoms with Gasteiger partial charge < -0.3 is 10.8 Å². The van der Waals surface area contributed by atoms with E-state index >= 15 is 0 Å². The molecule has 0 saturated carbocycles. The zero-order valence-corrected chi connectivity index (χ0v) is 11.8. The van der Waals surface area contributed by atoms with E-state index in [9.17, 15) is 9.18 Å². The molecule has 2 rings (SSSR count). The van der Waals surface area contributed by atoms with Crippen molar-refractivity contribution in [3.8, 4) is 5.69 Å². The Morgan fingerprint density at radius 3 is 2.95 bits per heavy atom. The Kier molecular flexibility index (Phi) is 4.05. The van der Waals surface area contributed by atoms with Crippen LogP contribution in [-0.2, 0) is 4.79 Å². The first-order chi connectivity index (χ1) is 8.99. The lowest BCUT2D eigenvalue weighted by Gasteiger charge is -2.09. The van der Waals surface area contributed by atoms with Gasteiger partial charge in [0.1, 0.15) is 5.82 Å². The summed E-state index contributed by atoms with van der Waals surface area (Å²) in [6.45, 7) is 0. The number of carbonyl (C=O) groups is 1. The van der Waals surface area contributed by atoms with Gasteiger partial charge in [0.05, 0.1) is 11.4 Å². The quantitative estimate of drug-likeness (QED) is 0.821. The standard InChI is InChI=1S/C10H8BrFN4O2S/c11-6-2-1-5(12)3-7(6)16-9(13)14-15-10(16)19-4-8(17)18/h1-3H,4H2,(H2,13,14)(H,17,18). The number of benzene rings is 1. The molecule has 0 atom stereocenters. The van der Waals surface area contributed by atoms with Crippen molar-refractivity contribution in [3.63, 3.8) is 0 Å². The summed E-state index contributed by atoms with van der Waals surface area (Å²) in [6.07, 6.45) is 0. The van der Waals surface area contributed by atoms with Gasteiger partial charge in [-0.25, -0.2) is 4.39 Å². The Labute approximate surface area is 119 Å². The number of aromatic nitrogens is 3. The van der Waals surface area contributed by atoms with Crippen LogP contribution in [0.3, 0.4) is 0 Å². The highest BCUT2D eigenvalue weighted by Gasteiger charge is 2.16. The van der Waals surface area contributed by atoms with Crippen LogP contribution in [0.2, 0.25) is 0 Å². The van der Waals surface area contributed by atoms with Crippen LogP contribution >= 0.6 is 27.7 Å². The highest BCUT2D eigenvalue weighted by atomic mass is 79.9. The van der Waals surface area contributed by atoms with Crippen LogP contribution in [0.5, 0.6) is 0 Å². The first kappa shape index (κ1) is 13.8. The van der Waals surface area contributed by atoms with Crippen LogP contribution in [0.1, 0.15) is 0 Å². The molecule has 100 valence electrons. The van der Waals surface area contributed by atoms with E-state index in [0.29, 0.717) is 10.2 Å². The van der Waals surface area contributed by atoms with Crippen molar-refractivity contribution in [2.75, 3.05) is 11.5 Å². The molecule has 19 heavy (non-hydrogen) atoms. The number of aliphatic carboxylic acids is 1. The van der Waals surface area contributed by atoms with Crippen molar-refractivity contribution >= 4 is 39.6 Å². The lowest BCUT2D eigenvalue weighted by atomic mass is 10.3. The maximum Gasteiger partial charge on any atom is 0.313 e. The smallest absolute Gasteiger partial charge is 0.313 e. The molecule has 0 saturated heterocycles. The van der Waals surface area contributed by atoms with Crippen molar-refractivity contribution in [1.29, 1.82) is 0 Å². The normalized spacial score (nSPS) is 10.6. The van der Waals surface area contributed by atoms with Gasteiger partial charge in [-0.3, -0.25) is 9.36 Å². The minimum atomic E-state index is -0.989. The molecule has 0 amide bonds. The van der Waals surface area contributed by atoms with Crippen molar-refractivity contribution in [3.05, 3.63) is 28.5 Å². The first-order valence-corrected chi connectivity index (χ1v) is 6.78. The van der Waals surface area contributed by atoms with Crippen LogP contribution in [-0.4, -0.2) is 31.6 Å². The topological polar surface area (TPSA) is 94.0 Å². The molecule has 2 aromatic rings. The lowest BCUT2D eigenvalue weighted by molar-refractivity contribution is -0.133. The van der Waals surface area contributed by atoms with E-state index in [2.05, 4.69) is 26.1 Å². The van der Waals surface area contributed by atoms with Gasteiger partial charge in [-0.2, -0.15) is 0 Å². The van der Waals surface area contributed by atoms with Gasteiger partial charge in [-0.1, -0.05) is 11.8 Å². The van der Waals surface area contributed by atoms with Crippen molar-refractivity contribution < 1.29 is 14.3 Å². The fourth-order valence-corrected chi connectivity index (χ4v) is 2.48. The third-order valence-corrected chi connectivity index (χ3v) is 3.72. The number of halogens is 2. The minimum absolute atomic E-state index is 0.0548. The number of carboxylic acid groups (broad SMARTS) is 1. The predicted molar refractivity (Wildman–Crippen MR) is 71.8 cm³/mol. The maximum atomic E-state index is 13.3. The molecule has 9 heteroatoms. The molecule has 0 aliphatic carbocycles. The molecular weight excluding hydrogens is 339 g/mol. The van der Waals surface area contributed by atoms with Crippen molar-refractivity contribution in [2.45, 2.75) is 5.16 Å². The number of anilines is 1. The fourth-order valence-electron chi connectivity index (χ4n) is 1.38. The van der Waals surface area contributed by atoms with Crippen LogP contribution in [0, 0.1) is 5.82 Å². The molecule has 1 aromatic carbocycles. The Hall–Kier alpha value is -1.61. The number of nitrogen functional groups attached to an aromatic ring is 1. The summed E-state index contributed by atoms with van der Waals surface area (Å²) in [5.41, 5.74) is 6.10. The maximum absolute atomic E-state index is 13.3. The van der Waals surface area contributed by atoms with Crippen LogP contribution < -0.4 is 5.73 Å². The van der Waals surface area contributed by atoms with E-state index in [-0.39, 0.29) is 16.9 Å². The Bertz CT molecular complexity index is 634. The molecule has 0 spiro atoms. The fraction of sp³-hybridized carbons (Fsp3) is 0.100. The third-order valence-electron chi connectivity index (χ3n) is 2.13. The molecule has 0 aliphatic rings. The summed E-state index contributed by atoms with van der Waals surface area (Å²) in [6, 6.07) is 4.07. The summed E-state index contributed by atoms with van der Waals surface area (Å²) >= 11 is 4.23. The monoisotopic (exact) mass is 346 g/mol. The molecule has 0 unspecified atom stereocenters.